The highest BCUT2D eigenvalue weighted by atomic mass is 16.5. The molecule has 6 heteroatoms. The number of carbonyl (C=O) groups excluding carboxylic acids is 1. The second-order valence-corrected chi connectivity index (χ2v) is 5.82. The lowest BCUT2D eigenvalue weighted by Crippen LogP contribution is -2.32. The average Bonchev–Trinajstić information content (AvgIpc) is 3.11. The molecule has 2 aromatic heterocycles. The highest BCUT2D eigenvalue weighted by Crippen LogP contribution is 2.33. The van der Waals surface area contributed by atoms with E-state index in [4.69, 9.17) is 4.52 Å². The van der Waals surface area contributed by atoms with Crippen LogP contribution in [0.25, 0.3) is 17.6 Å². The molecule has 0 spiro atoms. The Kier molecular flexibility index (Phi) is 3.85. The Hall–Kier alpha value is -3.28. The van der Waals surface area contributed by atoms with Gasteiger partial charge in [0.1, 0.15) is 5.69 Å². The molecular formula is C19H16N4O2. The van der Waals surface area contributed by atoms with E-state index in [-0.39, 0.29) is 11.9 Å². The lowest BCUT2D eigenvalue weighted by atomic mass is 9.94. The van der Waals surface area contributed by atoms with E-state index < -0.39 is 0 Å². The van der Waals surface area contributed by atoms with E-state index in [9.17, 15) is 4.79 Å². The van der Waals surface area contributed by atoms with Gasteiger partial charge in [-0.1, -0.05) is 35.5 Å². The molecule has 1 aliphatic heterocycles. The van der Waals surface area contributed by atoms with Gasteiger partial charge in [0.2, 0.25) is 17.6 Å². The molecule has 0 unspecified atom stereocenters. The molecule has 3 heterocycles. The van der Waals surface area contributed by atoms with Gasteiger partial charge in [0.25, 0.3) is 0 Å². The van der Waals surface area contributed by atoms with Gasteiger partial charge >= 0.3 is 0 Å². The summed E-state index contributed by atoms with van der Waals surface area (Å²) in [7, 11) is 0. The molecule has 0 aliphatic carbocycles. The van der Waals surface area contributed by atoms with Gasteiger partial charge in [0.15, 0.2) is 0 Å². The number of pyridine rings is 1. The summed E-state index contributed by atoms with van der Waals surface area (Å²) in [5.74, 6) is 0.895. The highest BCUT2D eigenvalue weighted by molar-refractivity contribution is 5.77. The van der Waals surface area contributed by atoms with E-state index in [2.05, 4.69) is 15.1 Å². The van der Waals surface area contributed by atoms with Crippen LogP contribution in [-0.4, -0.2) is 25.9 Å². The number of hydrogen-bond donors (Lipinski definition) is 0. The highest BCUT2D eigenvalue weighted by Gasteiger charge is 2.28. The SMILES string of the molecule is CC(=O)N1C=Cc2ccccc2[C@H]1Cc1nc(-c2ccccn2)no1. The summed E-state index contributed by atoms with van der Waals surface area (Å²) in [6.07, 6.45) is 5.89. The zero-order chi connectivity index (χ0) is 17.2. The zero-order valence-electron chi connectivity index (χ0n) is 13.7. The molecule has 0 fully saturated rings. The lowest BCUT2D eigenvalue weighted by Gasteiger charge is -2.31. The van der Waals surface area contributed by atoms with Crippen molar-refractivity contribution in [2.45, 2.75) is 19.4 Å². The molecule has 1 aromatic carbocycles. The van der Waals surface area contributed by atoms with Crippen LogP contribution in [0.3, 0.4) is 0 Å². The molecule has 0 saturated carbocycles. The van der Waals surface area contributed by atoms with Crippen molar-refractivity contribution in [1.29, 1.82) is 0 Å². The molecule has 124 valence electrons. The van der Waals surface area contributed by atoms with E-state index in [0.29, 0.717) is 23.8 Å². The Balaban J connectivity index is 1.65. The van der Waals surface area contributed by atoms with Crippen LogP contribution in [0.1, 0.15) is 30.0 Å². The molecule has 25 heavy (non-hydrogen) atoms. The number of aromatic nitrogens is 3. The first-order valence-corrected chi connectivity index (χ1v) is 8.02. The van der Waals surface area contributed by atoms with Crippen LogP contribution in [0.4, 0.5) is 0 Å². The van der Waals surface area contributed by atoms with Gasteiger partial charge in [-0.3, -0.25) is 9.78 Å². The molecule has 1 atom stereocenters. The number of benzene rings is 1. The van der Waals surface area contributed by atoms with Gasteiger partial charge in [-0.25, -0.2) is 0 Å². The van der Waals surface area contributed by atoms with Crippen molar-refractivity contribution in [3.05, 3.63) is 71.9 Å². The van der Waals surface area contributed by atoms with Crippen molar-refractivity contribution in [3.63, 3.8) is 0 Å². The van der Waals surface area contributed by atoms with Crippen molar-refractivity contribution >= 4 is 12.0 Å². The van der Waals surface area contributed by atoms with Gasteiger partial charge in [0.05, 0.1) is 12.5 Å². The van der Waals surface area contributed by atoms with Crippen molar-refractivity contribution in [2.24, 2.45) is 0 Å². The molecule has 1 amide bonds. The number of carbonyl (C=O) groups is 1. The first-order valence-electron chi connectivity index (χ1n) is 8.02. The summed E-state index contributed by atoms with van der Waals surface area (Å²) in [4.78, 5) is 22.4. The zero-order valence-corrected chi connectivity index (χ0v) is 13.7. The van der Waals surface area contributed by atoms with Crippen molar-refractivity contribution < 1.29 is 9.32 Å². The third-order valence-electron chi connectivity index (χ3n) is 4.20. The van der Waals surface area contributed by atoms with Crippen LogP contribution in [0.15, 0.2) is 59.4 Å². The minimum absolute atomic E-state index is 0.0276. The van der Waals surface area contributed by atoms with Crippen molar-refractivity contribution in [2.75, 3.05) is 0 Å². The molecule has 0 radical (unpaired) electrons. The number of nitrogens with zero attached hydrogens (tertiary/aromatic N) is 4. The van der Waals surface area contributed by atoms with Crippen molar-refractivity contribution in [1.82, 2.24) is 20.0 Å². The normalized spacial score (nSPS) is 15.9. The number of rotatable bonds is 3. The van der Waals surface area contributed by atoms with E-state index in [1.807, 2.05) is 54.7 Å². The average molecular weight is 332 g/mol. The standard InChI is InChI=1S/C19H16N4O2/c1-13(24)23-11-9-14-6-2-3-7-15(14)17(23)12-18-21-19(22-25-18)16-8-4-5-10-20-16/h2-11,17H,12H2,1H3/t17-/m1/s1. The van der Waals surface area contributed by atoms with Crippen LogP contribution in [0.2, 0.25) is 0 Å². The van der Waals surface area contributed by atoms with E-state index in [1.54, 1.807) is 18.0 Å². The maximum Gasteiger partial charge on any atom is 0.229 e. The van der Waals surface area contributed by atoms with E-state index in [0.717, 1.165) is 11.1 Å². The first kappa shape index (κ1) is 15.3. The molecule has 3 aromatic rings. The molecule has 6 nitrogen and oxygen atoms in total. The van der Waals surface area contributed by atoms with Crippen LogP contribution in [0, 0.1) is 0 Å². The summed E-state index contributed by atoms with van der Waals surface area (Å²) >= 11 is 0. The summed E-state index contributed by atoms with van der Waals surface area (Å²) in [5.41, 5.74) is 2.82. The summed E-state index contributed by atoms with van der Waals surface area (Å²) in [6.45, 7) is 1.55. The molecule has 0 N–H and O–H groups in total. The third kappa shape index (κ3) is 2.94. The minimum atomic E-state index is -0.171. The van der Waals surface area contributed by atoms with E-state index >= 15 is 0 Å². The van der Waals surface area contributed by atoms with Crippen LogP contribution >= 0.6 is 0 Å². The largest absolute Gasteiger partial charge is 0.339 e. The Labute approximate surface area is 144 Å². The molecule has 0 saturated heterocycles. The smallest absolute Gasteiger partial charge is 0.229 e. The fraction of sp³-hybridized carbons (Fsp3) is 0.158. The lowest BCUT2D eigenvalue weighted by molar-refractivity contribution is -0.128. The summed E-state index contributed by atoms with van der Waals surface area (Å²) in [6, 6.07) is 13.4. The molecule has 1 aliphatic rings. The van der Waals surface area contributed by atoms with Gasteiger partial charge in [-0.05, 0) is 29.3 Å². The Morgan fingerprint density at radius 3 is 2.84 bits per heavy atom. The fourth-order valence-electron chi connectivity index (χ4n) is 3.02. The quantitative estimate of drug-likeness (QED) is 0.736. The Bertz CT molecular complexity index is 933. The van der Waals surface area contributed by atoms with Crippen LogP contribution in [-0.2, 0) is 11.2 Å². The maximum absolute atomic E-state index is 12.0. The van der Waals surface area contributed by atoms with Crippen LogP contribution in [0.5, 0.6) is 0 Å². The number of fused-ring (bicyclic) bond motifs is 1. The predicted octanol–water partition coefficient (Wildman–Crippen LogP) is 3.25. The topological polar surface area (TPSA) is 72.1 Å². The van der Waals surface area contributed by atoms with Crippen LogP contribution < -0.4 is 0 Å². The third-order valence-corrected chi connectivity index (χ3v) is 4.20. The first-order chi connectivity index (χ1) is 12.2. The second-order valence-electron chi connectivity index (χ2n) is 5.82. The number of hydrogen-bond acceptors (Lipinski definition) is 5. The summed E-state index contributed by atoms with van der Waals surface area (Å²) < 4.78 is 5.40. The van der Waals surface area contributed by atoms with Crippen molar-refractivity contribution in [3.8, 4) is 11.5 Å². The monoisotopic (exact) mass is 332 g/mol. The predicted molar refractivity (Wildman–Crippen MR) is 92.0 cm³/mol. The Morgan fingerprint density at radius 2 is 2.04 bits per heavy atom. The Morgan fingerprint density at radius 1 is 1.20 bits per heavy atom. The fourth-order valence-corrected chi connectivity index (χ4v) is 3.02. The minimum Gasteiger partial charge on any atom is -0.339 e. The maximum atomic E-state index is 12.0. The van der Waals surface area contributed by atoms with E-state index in [1.165, 1.54) is 0 Å². The second kappa shape index (κ2) is 6.32. The number of amides is 1. The molecular weight excluding hydrogens is 316 g/mol. The van der Waals surface area contributed by atoms with Gasteiger partial charge in [-0.2, -0.15) is 4.98 Å². The molecule has 0 bridgehead atoms. The molecule has 4 rings (SSSR count). The van der Waals surface area contributed by atoms with Gasteiger partial charge < -0.3 is 9.42 Å². The van der Waals surface area contributed by atoms with Gasteiger partial charge in [0, 0.05) is 19.3 Å². The summed E-state index contributed by atoms with van der Waals surface area (Å²) in [5, 5.41) is 4.01. The van der Waals surface area contributed by atoms with Gasteiger partial charge in [-0.15, -0.1) is 0 Å².